The molecular weight excluding hydrogens is 368 g/mol. The van der Waals surface area contributed by atoms with Crippen LogP contribution in [0.2, 0.25) is 0 Å². The van der Waals surface area contributed by atoms with Crippen molar-refractivity contribution in [3.63, 3.8) is 0 Å². The van der Waals surface area contributed by atoms with Crippen LogP contribution in [0.1, 0.15) is 32.3 Å². The van der Waals surface area contributed by atoms with Crippen molar-refractivity contribution in [2.24, 2.45) is 0 Å². The standard InChI is InChI=1S/C24H26O5/c1-3-14-26-21-16-22(27-15-4-2)23(20-13-9-8-12-19(20)21)29-24(25)28-17-18-10-6-5-7-11-18/h5-13,16H,3-4,14-15,17H2,1-2H3. The van der Waals surface area contributed by atoms with Gasteiger partial charge in [0.05, 0.1) is 13.2 Å². The number of carbonyl (C=O) groups is 1. The molecule has 0 aromatic heterocycles. The van der Waals surface area contributed by atoms with E-state index in [0.717, 1.165) is 29.2 Å². The number of ether oxygens (including phenoxy) is 4. The maximum atomic E-state index is 12.4. The first-order chi connectivity index (χ1) is 14.2. The van der Waals surface area contributed by atoms with Gasteiger partial charge >= 0.3 is 6.16 Å². The molecule has 5 heteroatoms. The molecule has 0 aliphatic rings. The zero-order chi connectivity index (χ0) is 20.5. The Morgan fingerprint density at radius 1 is 0.793 bits per heavy atom. The fraction of sp³-hybridized carbons (Fsp3) is 0.292. The minimum absolute atomic E-state index is 0.139. The quantitative estimate of drug-likeness (QED) is 0.323. The number of hydrogen-bond acceptors (Lipinski definition) is 5. The summed E-state index contributed by atoms with van der Waals surface area (Å²) >= 11 is 0. The number of benzene rings is 3. The zero-order valence-corrected chi connectivity index (χ0v) is 16.9. The van der Waals surface area contributed by atoms with Crippen LogP contribution >= 0.6 is 0 Å². The van der Waals surface area contributed by atoms with Gasteiger partial charge in [-0.25, -0.2) is 4.79 Å². The normalized spacial score (nSPS) is 10.6. The van der Waals surface area contributed by atoms with Crippen LogP contribution in [-0.4, -0.2) is 19.4 Å². The molecule has 0 saturated carbocycles. The highest BCUT2D eigenvalue weighted by Crippen LogP contribution is 2.42. The molecule has 0 amide bonds. The number of hydrogen-bond donors (Lipinski definition) is 0. The van der Waals surface area contributed by atoms with Crippen LogP contribution in [-0.2, 0) is 11.3 Å². The lowest BCUT2D eigenvalue weighted by Gasteiger charge is -2.17. The van der Waals surface area contributed by atoms with Gasteiger partial charge in [-0.05, 0) is 18.4 Å². The molecule has 0 heterocycles. The summed E-state index contributed by atoms with van der Waals surface area (Å²) in [7, 11) is 0. The van der Waals surface area contributed by atoms with Gasteiger partial charge in [0.1, 0.15) is 12.4 Å². The van der Waals surface area contributed by atoms with E-state index in [4.69, 9.17) is 18.9 Å². The van der Waals surface area contributed by atoms with E-state index in [0.29, 0.717) is 30.5 Å². The first-order valence-corrected chi connectivity index (χ1v) is 9.92. The van der Waals surface area contributed by atoms with Gasteiger partial charge < -0.3 is 18.9 Å². The third-order valence-corrected chi connectivity index (χ3v) is 4.23. The lowest BCUT2D eigenvalue weighted by Crippen LogP contribution is -2.12. The average Bonchev–Trinajstić information content (AvgIpc) is 2.77. The minimum atomic E-state index is -0.775. The van der Waals surface area contributed by atoms with Gasteiger partial charge in [-0.15, -0.1) is 0 Å². The lowest BCUT2D eigenvalue weighted by molar-refractivity contribution is 0.0918. The maximum absolute atomic E-state index is 12.4. The predicted octanol–water partition coefficient (Wildman–Crippen LogP) is 6.13. The molecule has 3 aromatic carbocycles. The Morgan fingerprint density at radius 3 is 2.10 bits per heavy atom. The van der Waals surface area contributed by atoms with E-state index < -0.39 is 6.16 Å². The molecule has 3 rings (SSSR count). The third-order valence-electron chi connectivity index (χ3n) is 4.23. The van der Waals surface area contributed by atoms with Crippen LogP contribution in [0.4, 0.5) is 4.79 Å². The predicted molar refractivity (Wildman–Crippen MR) is 113 cm³/mol. The molecule has 152 valence electrons. The molecule has 0 bridgehead atoms. The molecule has 0 atom stereocenters. The maximum Gasteiger partial charge on any atom is 0.514 e. The molecule has 5 nitrogen and oxygen atoms in total. The first kappa shape index (κ1) is 20.5. The van der Waals surface area contributed by atoms with Crippen molar-refractivity contribution >= 4 is 16.9 Å². The Bertz CT molecular complexity index is 937. The Morgan fingerprint density at radius 2 is 1.41 bits per heavy atom. The Labute approximate surface area is 171 Å². The summed E-state index contributed by atoms with van der Waals surface area (Å²) < 4.78 is 22.7. The summed E-state index contributed by atoms with van der Waals surface area (Å²) in [6.45, 7) is 5.30. The van der Waals surface area contributed by atoms with Crippen molar-refractivity contribution in [3.05, 3.63) is 66.2 Å². The van der Waals surface area contributed by atoms with Crippen molar-refractivity contribution < 1.29 is 23.7 Å². The lowest BCUT2D eigenvalue weighted by atomic mass is 10.1. The number of carbonyl (C=O) groups excluding carboxylic acids is 1. The molecule has 0 N–H and O–H groups in total. The second kappa shape index (κ2) is 10.4. The SMILES string of the molecule is CCCOc1cc(OCCC)c2ccccc2c1OC(=O)OCc1ccccc1. The van der Waals surface area contributed by atoms with Crippen molar-refractivity contribution in [1.82, 2.24) is 0 Å². The van der Waals surface area contributed by atoms with E-state index in [9.17, 15) is 4.79 Å². The largest absolute Gasteiger partial charge is 0.514 e. The fourth-order valence-corrected chi connectivity index (χ4v) is 2.88. The second-order valence-electron chi connectivity index (χ2n) is 6.57. The minimum Gasteiger partial charge on any atom is -0.493 e. The number of fused-ring (bicyclic) bond motifs is 1. The van der Waals surface area contributed by atoms with E-state index in [1.165, 1.54) is 0 Å². The topological polar surface area (TPSA) is 54.0 Å². The molecule has 0 aliphatic carbocycles. The van der Waals surface area contributed by atoms with E-state index in [-0.39, 0.29) is 6.61 Å². The Hall–Kier alpha value is -3.21. The van der Waals surface area contributed by atoms with Crippen LogP contribution in [0.25, 0.3) is 10.8 Å². The van der Waals surface area contributed by atoms with Crippen LogP contribution in [0, 0.1) is 0 Å². The van der Waals surface area contributed by atoms with E-state index >= 15 is 0 Å². The smallest absolute Gasteiger partial charge is 0.493 e. The summed E-state index contributed by atoms with van der Waals surface area (Å²) in [6.07, 6.45) is 0.946. The van der Waals surface area contributed by atoms with Crippen LogP contribution in [0.3, 0.4) is 0 Å². The van der Waals surface area contributed by atoms with Crippen molar-refractivity contribution in [1.29, 1.82) is 0 Å². The summed E-state index contributed by atoms with van der Waals surface area (Å²) in [5, 5.41) is 1.60. The van der Waals surface area contributed by atoms with Crippen molar-refractivity contribution in [2.45, 2.75) is 33.3 Å². The highest BCUT2D eigenvalue weighted by Gasteiger charge is 2.19. The molecular formula is C24H26O5. The van der Waals surface area contributed by atoms with Gasteiger partial charge in [0.15, 0.2) is 11.5 Å². The van der Waals surface area contributed by atoms with Gasteiger partial charge in [0, 0.05) is 16.8 Å². The summed E-state index contributed by atoms with van der Waals surface area (Å²) in [5.74, 6) is 1.52. The number of rotatable bonds is 9. The van der Waals surface area contributed by atoms with Crippen molar-refractivity contribution in [3.8, 4) is 17.2 Å². The molecule has 3 aromatic rings. The fourth-order valence-electron chi connectivity index (χ4n) is 2.88. The van der Waals surface area contributed by atoms with Gasteiger partial charge in [0.2, 0.25) is 0 Å². The summed E-state index contributed by atoms with van der Waals surface area (Å²) in [6, 6.07) is 18.9. The summed E-state index contributed by atoms with van der Waals surface area (Å²) in [4.78, 5) is 12.4. The molecule has 29 heavy (non-hydrogen) atoms. The molecule has 0 radical (unpaired) electrons. The van der Waals surface area contributed by atoms with Crippen LogP contribution in [0.15, 0.2) is 60.7 Å². The molecule has 0 unspecified atom stereocenters. The molecule has 0 spiro atoms. The Kier molecular flexibility index (Phi) is 7.34. The summed E-state index contributed by atoms with van der Waals surface area (Å²) in [5.41, 5.74) is 0.889. The van der Waals surface area contributed by atoms with E-state index in [2.05, 4.69) is 6.92 Å². The zero-order valence-electron chi connectivity index (χ0n) is 16.9. The average molecular weight is 394 g/mol. The van der Waals surface area contributed by atoms with Crippen molar-refractivity contribution in [2.75, 3.05) is 13.2 Å². The van der Waals surface area contributed by atoms with Crippen LogP contribution in [0.5, 0.6) is 17.2 Å². The highest BCUT2D eigenvalue weighted by atomic mass is 16.7. The first-order valence-electron chi connectivity index (χ1n) is 9.92. The van der Waals surface area contributed by atoms with Gasteiger partial charge in [-0.3, -0.25) is 0 Å². The van der Waals surface area contributed by atoms with E-state index in [1.807, 2.05) is 61.5 Å². The molecule has 0 fully saturated rings. The van der Waals surface area contributed by atoms with Gasteiger partial charge in [-0.2, -0.15) is 0 Å². The monoisotopic (exact) mass is 394 g/mol. The van der Waals surface area contributed by atoms with Gasteiger partial charge in [-0.1, -0.05) is 68.4 Å². The Balaban J connectivity index is 1.88. The third kappa shape index (κ3) is 5.41. The molecule has 0 saturated heterocycles. The molecule has 0 aliphatic heterocycles. The highest BCUT2D eigenvalue weighted by molar-refractivity contribution is 5.96. The second-order valence-corrected chi connectivity index (χ2v) is 6.57. The van der Waals surface area contributed by atoms with Crippen LogP contribution < -0.4 is 14.2 Å². The van der Waals surface area contributed by atoms with Gasteiger partial charge in [0.25, 0.3) is 0 Å². The van der Waals surface area contributed by atoms with E-state index in [1.54, 1.807) is 6.07 Å².